The van der Waals surface area contributed by atoms with E-state index in [1.807, 2.05) is 56.3 Å². The van der Waals surface area contributed by atoms with Gasteiger partial charge in [-0.05, 0) is 93.6 Å². The number of likely N-dealkylation sites (tertiary alicyclic amines) is 1. The first kappa shape index (κ1) is 30.6. The molecule has 0 aliphatic carbocycles. The average Bonchev–Trinajstić information content (AvgIpc) is 2.85. The second-order valence-electron chi connectivity index (χ2n) is 12.1. The molecule has 41 heavy (non-hydrogen) atoms. The van der Waals surface area contributed by atoms with Crippen LogP contribution in [0, 0.1) is 28.9 Å². The van der Waals surface area contributed by atoms with Gasteiger partial charge in [0, 0.05) is 30.1 Å². The zero-order valence-electron chi connectivity index (χ0n) is 24.0. The molecule has 3 aromatic rings. The molecule has 0 unspecified atom stereocenters. The Morgan fingerprint density at radius 2 is 1.61 bits per heavy atom. The maximum atomic E-state index is 14.4. The third kappa shape index (κ3) is 7.71. The van der Waals surface area contributed by atoms with E-state index in [1.165, 1.54) is 12.1 Å². The summed E-state index contributed by atoms with van der Waals surface area (Å²) in [6.07, 6.45) is 0. The van der Waals surface area contributed by atoms with Gasteiger partial charge in [-0.3, -0.25) is 4.90 Å². The summed E-state index contributed by atoms with van der Waals surface area (Å²) >= 11 is 6.17. The minimum absolute atomic E-state index is 0.0428. The lowest BCUT2D eigenvalue weighted by molar-refractivity contribution is -0.168. The van der Waals surface area contributed by atoms with E-state index in [0.29, 0.717) is 29.2 Å². The molecule has 1 aliphatic heterocycles. The minimum Gasteiger partial charge on any atom is -0.458 e. The van der Waals surface area contributed by atoms with E-state index in [9.17, 15) is 18.8 Å². The van der Waals surface area contributed by atoms with E-state index < -0.39 is 34.7 Å². The van der Waals surface area contributed by atoms with Gasteiger partial charge in [0.1, 0.15) is 23.8 Å². The molecule has 0 saturated carbocycles. The fraction of sp³-hybridized carbons (Fsp3) is 0.394. The summed E-state index contributed by atoms with van der Waals surface area (Å²) in [5.74, 6) is -2.32. The van der Waals surface area contributed by atoms with Gasteiger partial charge in [0.15, 0.2) is 0 Å². The second-order valence-corrected chi connectivity index (χ2v) is 12.5. The van der Waals surface area contributed by atoms with Crippen LogP contribution in [0.15, 0.2) is 66.7 Å². The van der Waals surface area contributed by atoms with Crippen molar-refractivity contribution in [1.82, 2.24) is 4.90 Å². The molecular formula is C33H35ClF2N2O3. The largest absolute Gasteiger partial charge is 0.458 e. The number of hydrogen-bond donors (Lipinski definition) is 0. The Hall–Kier alpha value is -3.31. The number of hydrogen-bond acceptors (Lipinski definition) is 5. The SMILES string of the molecule is CC(C)(C)OC(=O)COC(C)(C)[C@H](c1cc(F)cc(F)c1)C1CN([C@@H](c2ccc(Cl)cc2)c2cccc(C#N)c2)C1. The predicted molar refractivity (Wildman–Crippen MR) is 154 cm³/mol. The third-order valence-electron chi connectivity index (χ3n) is 7.27. The Kier molecular flexibility index (Phi) is 9.18. The summed E-state index contributed by atoms with van der Waals surface area (Å²) < 4.78 is 40.3. The lowest BCUT2D eigenvalue weighted by atomic mass is 9.71. The van der Waals surface area contributed by atoms with Crippen molar-refractivity contribution in [2.45, 2.75) is 57.8 Å². The third-order valence-corrected chi connectivity index (χ3v) is 7.52. The monoisotopic (exact) mass is 580 g/mol. The van der Waals surface area contributed by atoms with Crippen LogP contribution < -0.4 is 0 Å². The zero-order valence-corrected chi connectivity index (χ0v) is 24.7. The van der Waals surface area contributed by atoms with Gasteiger partial charge < -0.3 is 9.47 Å². The van der Waals surface area contributed by atoms with Gasteiger partial charge in [-0.15, -0.1) is 0 Å². The van der Waals surface area contributed by atoms with Crippen LogP contribution >= 0.6 is 11.6 Å². The molecule has 0 N–H and O–H groups in total. The molecular weight excluding hydrogens is 546 g/mol. The highest BCUT2D eigenvalue weighted by Gasteiger charge is 2.46. The maximum absolute atomic E-state index is 14.4. The molecule has 0 spiro atoms. The number of carbonyl (C=O) groups is 1. The predicted octanol–water partition coefficient (Wildman–Crippen LogP) is 7.43. The van der Waals surface area contributed by atoms with Crippen LogP contribution in [0.5, 0.6) is 0 Å². The standard InChI is InChI=1S/C33H35ClF2N2O3/c1-32(2,3)41-29(39)20-40-33(4,5)30(24-14-27(35)16-28(36)15-24)25-18-38(19-25)31(22-9-11-26(34)12-10-22)23-8-6-7-21(13-23)17-37/h6-16,25,30-31H,18-20H2,1-5H3/t30-,31+/m1/s1. The molecule has 2 atom stereocenters. The number of carbonyl (C=O) groups excluding carboxylic acids is 1. The summed E-state index contributed by atoms with van der Waals surface area (Å²) in [4.78, 5) is 14.7. The van der Waals surface area contributed by atoms with Crippen LogP contribution in [0.2, 0.25) is 5.02 Å². The van der Waals surface area contributed by atoms with Crippen molar-refractivity contribution in [3.8, 4) is 6.07 Å². The van der Waals surface area contributed by atoms with Gasteiger partial charge in [0.05, 0.1) is 23.3 Å². The van der Waals surface area contributed by atoms with E-state index in [1.54, 1.807) is 26.8 Å². The van der Waals surface area contributed by atoms with E-state index in [2.05, 4.69) is 11.0 Å². The Morgan fingerprint density at radius 3 is 2.20 bits per heavy atom. The van der Waals surface area contributed by atoms with Crippen molar-refractivity contribution in [1.29, 1.82) is 5.26 Å². The van der Waals surface area contributed by atoms with E-state index >= 15 is 0 Å². The Balaban J connectivity index is 1.63. The molecule has 5 nitrogen and oxygen atoms in total. The zero-order chi connectivity index (χ0) is 29.9. The quantitative estimate of drug-likeness (QED) is 0.246. The normalized spacial score (nSPS) is 16.0. The Labute approximate surface area is 245 Å². The van der Waals surface area contributed by atoms with Gasteiger partial charge in [-0.25, -0.2) is 13.6 Å². The number of nitrogens with zero attached hydrogens (tertiary/aromatic N) is 2. The number of ether oxygens (including phenoxy) is 2. The summed E-state index contributed by atoms with van der Waals surface area (Å²) in [5.41, 5.74) is 1.38. The van der Waals surface area contributed by atoms with Crippen molar-refractivity contribution in [3.63, 3.8) is 0 Å². The van der Waals surface area contributed by atoms with Crippen molar-refractivity contribution in [2.75, 3.05) is 19.7 Å². The number of esters is 1. The van der Waals surface area contributed by atoms with Crippen molar-refractivity contribution < 1.29 is 23.0 Å². The van der Waals surface area contributed by atoms with Crippen LogP contribution in [-0.4, -0.2) is 41.8 Å². The van der Waals surface area contributed by atoms with Gasteiger partial charge in [0.2, 0.25) is 0 Å². The molecule has 1 fully saturated rings. The topological polar surface area (TPSA) is 62.6 Å². The smallest absolute Gasteiger partial charge is 0.332 e. The molecule has 3 aromatic carbocycles. The molecule has 0 amide bonds. The first-order chi connectivity index (χ1) is 19.3. The molecule has 1 heterocycles. The minimum atomic E-state index is -0.954. The molecule has 216 valence electrons. The molecule has 0 aromatic heterocycles. The van der Waals surface area contributed by atoms with E-state index in [0.717, 1.165) is 17.2 Å². The van der Waals surface area contributed by atoms with Gasteiger partial charge in [-0.1, -0.05) is 35.9 Å². The highest BCUT2D eigenvalue weighted by Crippen LogP contribution is 2.45. The van der Waals surface area contributed by atoms with E-state index in [-0.39, 0.29) is 18.6 Å². The first-order valence-corrected chi connectivity index (χ1v) is 13.9. The molecule has 0 bridgehead atoms. The van der Waals surface area contributed by atoms with E-state index in [4.69, 9.17) is 21.1 Å². The molecule has 1 aliphatic rings. The van der Waals surface area contributed by atoms with Crippen molar-refractivity contribution >= 4 is 17.6 Å². The summed E-state index contributed by atoms with van der Waals surface area (Å²) in [6.45, 7) is 9.89. The van der Waals surface area contributed by atoms with Crippen LogP contribution in [0.3, 0.4) is 0 Å². The lowest BCUT2D eigenvalue weighted by Crippen LogP contribution is -2.55. The first-order valence-electron chi connectivity index (χ1n) is 13.6. The van der Waals surface area contributed by atoms with Crippen molar-refractivity contribution in [2.24, 2.45) is 5.92 Å². The van der Waals surface area contributed by atoms with Gasteiger partial charge in [0.25, 0.3) is 0 Å². The Morgan fingerprint density at radius 1 is 0.976 bits per heavy atom. The average molecular weight is 581 g/mol. The lowest BCUT2D eigenvalue weighted by Gasteiger charge is -2.51. The summed E-state index contributed by atoms with van der Waals surface area (Å²) in [5, 5.41) is 10.1. The number of nitriles is 1. The number of halogens is 3. The molecule has 8 heteroatoms. The highest BCUT2D eigenvalue weighted by molar-refractivity contribution is 6.30. The van der Waals surface area contributed by atoms with Gasteiger partial charge in [-0.2, -0.15) is 5.26 Å². The van der Waals surface area contributed by atoms with Crippen LogP contribution in [-0.2, 0) is 14.3 Å². The van der Waals surface area contributed by atoms with Crippen LogP contribution in [0.25, 0.3) is 0 Å². The number of rotatable bonds is 9. The van der Waals surface area contributed by atoms with Crippen molar-refractivity contribution in [3.05, 3.63) is 106 Å². The summed E-state index contributed by atoms with van der Waals surface area (Å²) in [6, 6.07) is 20.7. The van der Waals surface area contributed by atoms with Crippen LogP contribution in [0.4, 0.5) is 8.78 Å². The molecule has 1 saturated heterocycles. The maximum Gasteiger partial charge on any atom is 0.332 e. The Bertz CT molecular complexity index is 1400. The molecule has 0 radical (unpaired) electrons. The number of benzene rings is 3. The second kappa shape index (κ2) is 12.3. The summed E-state index contributed by atoms with van der Waals surface area (Å²) in [7, 11) is 0. The molecule has 4 rings (SSSR count). The van der Waals surface area contributed by atoms with Crippen LogP contribution in [0.1, 0.15) is 68.8 Å². The highest BCUT2D eigenvalue weighted by atomic mass is 35.5. The van der Waals surface area contributed by atoms with Gasteiger partial charge >= 0.3 is 5.97 Å². The fourth-order valence-electron chi connectivity index (χ4n) is 5.71. The fourth-order valence-corrected chi connectivity index (χ4v) is 5.84.